The smallest absolute Gasteiger partial charge is 0.246 e. The number of hydrogen-bond donors (Lipinski definition) is 1. The number of ether oxygens (including phenoxy) is 2. The van der Waals surface area contributed by atoms with E-state index in [-0.39, 0.29) is 12.5 Å². The molecule has 4 heteroatoms. The quantitative estimate of drug-likeness (QED) is 0.707. The van der Waals surface area contributed by atoms with Gasteiger partial charge in [-0.05, 0) is 25.7 Å². The van der Waals surface area contributed by atoms with E-state index in [9.17, 15) is 4.79 Å². The van der Waals surface area contributed by atoms with Crippen molar-refractivity contribution in [1.29, 1.82) is 0 Å². The lowest BCUT2D eigenvalue weighted by molar-refractivity contribution is -0.125. The molecule has 0 aromatic heterocycles. The fraction of sp³-hybridized carbons (Fsp3) is 0.900. The fourth-order valence-corrected chi connectivity index (χ4v) is 1.45. The lowest BCUT2D eigenvalue weighted by atomic mass is 10.0. The monoisotopic (exact) mass is 201 g/mol. The van der Waals surface area contributed by atoms with Gasteiger partial charge in [-0.15, -0.1) is 0 Å². The first-order valence-electron chi connectivity index (χ1n) is 5.25. The van der Waals surface area contributed by atoms with Crippen molar-refractivity contribution >= 4 is 5.91 Å². The third kappa shape index (κ3) is 4.58. The molecular weight excluding hydrogens is 182 g/mol. The average Bonchev–Trinajstić information content (AvgIpc) is 2.25. The van der Waals surface area contributed by atoms with Gasteiger partial charge in [0.2, 0.25) is 5.91 Å². The van der Waals surface area contributed by atoms with Crippen LogP contribution in [0.2, 0.25) is 0 Å². The maximum atomic E-state index is 11.2. The second-order valence-electron chi connectivity index (χ2n) is 3.50. The maximum absolute atomic E-state index is 11.2. The molecule has 0 aromatic carbocycles. The van der Waals surface area contributed by atoms with Crippen molar-refractivity contribution in [2.75, 3.05) is 33.0 Å². The van der Waals surface area contributed by atoms with E-state index in [0.717, 1.165) is 32.6 Å². The molecular formula is C10H19NO3. The van der Waals surface area contributed by atoms with Crippen LogP contribution in [0.25, 0.3) is 0 Å². The van der Waals surface area contributed by atoms with Gasteiger partial charge in [-0.1, -0.05) is 0 Å². The summed E-state index contributed by atoms with van der Waals surface area (Å²) in [6.07, 6.45) is 2.10. The third-order valence-corrected chi connectivity index (χ3v) is 2.37. The molecule has 0 atom stereocenters. The normalized spacial score (nSPS) is 18.1. The molecule has 0 radical (unpaired) electrons. The van der Waals surface area contributed by atoms with Crippen LogP contribution in [0.4, 0.5) is 0 Å². The first-order chi connectivity index (χ1) is 6.83. The molecule has 0 unspecified atom stereocenters. The molecule has 1 aliphatic rings. The van der Waals surface area contributed by atoms with Crippen molar-refractivity contribution in [2.24, 2.45) is 5.92 Å². The summed E-state index contributed by atoms with van der Waals surface area (Å²) < 4.78 is 10.2. The van der Waals surface area contributed by atoms with Gasteiger partial charge in [0, 0.05) is 26.4 Å². The van der Waals surface area contributed by atoms with Crippen LogP contribution in [0.15, 0.2) is 0 Å². The number of carbonyl (C=O) groups excluding carboxylic acids is 1. The van der Waals surface area contributed by atoms with Crippen molar-refractivity contribution in [1.82, 2.24) is 5.32 Å². The van der Waals surface area contributed by atoms with Crippen LogP contribution in [0, 0.1) is 5.92 Å². The van der Waals surface area contributed by atoms with E-state index < -0.39 is 0 Å². The Balaban J connectivity index is 2.03. The van der Waals surface area contributed by atoms with E-state index in [4.69, 9.17) is 9.47 Å². The lowest BCUT2D eigenvalue weighted by Gasteiger charge is -2.22. The van der Waals surface area contributed by atoms with Crippen molar-refractivity contribution in [3.05, 3.63) is 0 Å². The summed E-state index contributed by atoms with van der Waals surface area (Å²) in [5.74, 6) is 0.563. The summed E-state index contributed by atoms with van der Waals surface area (Å²) in [6.45, 7) is 5.06. The Morgan fingerprint density at radius 2 is 2.21 bits per heavy atom. The van der Waals surface area contributed by atoms with Crippen molar-refractivity contribution in [3.8, 4) is 0 Å². The molecule has 82 valence electrons. The number of carbonyl (C=O) groups is 1. The van der Waals surface area contributed by atoms with Gasteiger partial charge >= 0.3 is 0 Å². The molecule has 1 heterocycles. The van der Waals surface area contributed by atoms with E-state index in [1.165, 1.54) is 0 Å². The molecule has 14 heavy (non-hydrogen) atoms. The highest BCUT2D eigenvalue weighted by atomic mass is 16.5. The zero-order valence-electron chi connectivity index (χ0n) is 8.75. The Labute approximate surface area is 85.0 Å². The molecule has 0 saturated carbocycles. The number of nitrogens with one attached hydrogen (secondary N) is 1. The second kappa shape index (κ2) is 6.79. The summed E-state index contributed by atoms with van der Waals surface area (Å²) in [4.78, 5) is 11.2. The van der Waals surface area contributed by atoms with Gasteiger partial charge in [0.25, 0.3) is 0 Å². The Bertz CT molecular complexity index is 167. The molecule has 4 nitrogen and oxygen atoms in total. The molecule has 0 spiro atoms. The minimum atomic E-state index is -0.0154. The molecule has 1 aliphatic heterocycles. The molecule has 1 N–H and O–H groups in total. The topological polar surface area (TPSA) is 47.6 Å². The average molecular weight is 201 g/mol. The van der Waals surface area contributed by atoms with E-state index >= 15 is 0 Å². The summed E-state index contributed by atoms with van der Waals surface area (Å²) >= 11 is 0. The molecule has 1 saturated heterocycles. The number of rotatable bonds is 5. The Hall–Kier alpha value is -0.610. The highest BCUT2D eigenvalue weighted by Gasteiger charge is 2.14. The summed E-state index contributed by atoms with van der Waals surface area (Å²) in [5, 5.41) is 2.87. The van der Waals surface area contributed by atoms with Gasteiger partial charge in [-0.25, -0.2) is 0 Å². The van der Waals surface area contributed by atoms with E-state index in [0.29, 0.717) is 12.5 Å². The van der Waals surface area contributed by atoms with Gasteiger partial charge in [0.15, 0.2) is 0 Å². The highest BCUT2D eigenvalue weighted by Crippen LogP contribution is 2.12. The summed E-state index contributed by atoms with van der Waals surface area (Å²) in [6, 6.07) is 0. The van der Waals surface area contributed by atoms with Gasteiger partial charge in [-0.2, -0.15) is 0 Å². The van der Waals surface area contributed by atoms with Crippen LogP contribution in [0.1, 0.15) is 19.8 Å². The van der Waals surface area contributed by atoms with Gasteiger partial charge in [-0.3, -0.25) is 4.79 Å². The van der Waals surface area contributed by atoms with E-state index in [1.54, 1.807) is 0 Å². The first-order valence-corrected chi connectivity index (χ1v) is 5.25. The van der Waals surface area contributed by atoms with Gasteiger partial charge < -0.3 is 14.8 Å². The SMILES string of the molecule is CCOCC(=O)NCC1CCOCC1. The lowest BCUT2D eigenvalue weighted by Crippen LogP contribution is -2.34. The van der Waals surface area contributed by atoms with Gasteiger partial charge in [0.05, 0.1) is 0 Å². The summed E-state index contributed by atoms with van der Waals surface area (Å²) in [7, 11) is 0. The van der Waals surface area contributed by atoms with Crippen LogP contribution in [-0.2, 0) is 14.3 Å². The molecule has 0 aromatic rings. The Kier molecular flexibility index (Phi) is 5.56. The standard InChI is InChI=1S/C10H19NO3/c1-2-13-8-10(12)11-7-9-3-5-14-6-4-9/h9H,2-8H2,1H3,(H,11,12). The van der Waals surface area contributed by atoms with Crippen LogP contribution in [0.5, 0.6) is 0 Å². The Morgan fingerprint density at radius 1 is 1.50 bits per heavy atom. The predicted octanol–water partition coefficient (Wildman–Crippen LogP) is 0.566. The molecule has 1 amide bonds. The van der Waals surface area contributed by atoms with Crippen molar-refractivity contribution < 1.29 is 14.3 Å². The number of amides is 1. The molecule has 1 rings (SSSR count). The first kappa shape index (κ1) is 11.5. The van der Waals surface area contributed by atoms with E-state index in [2.05, 4.69) is 5.32 Å². The van der Waals surface area contributed by atoms with Crippen LogP contribution in [0.3, 0.4) is 0 Å². The Morgan fingerprint density at radius 3 is 2.86 bits per heavy atom. The van der Waals surface area contributed by atoms with E-state index in [1.807, 2.05) is 6.92 Å². The maximum Gasteiger partial charge on any atom is 0.246 e. The largest absolute Gasteiger partial charge is 0.381 e. The van der Waals surface area contributed by atoms with Crippen molar-refractivity contribution in [3.63, 3.8) is 0 Å². The highest BCUT2D eigenvalue weighted by molar-refractivity contribution is 5.77. The fourth-order valence-electron chi connectivity index (χ4n) is 1.45. The third-order valence-electron chi connectivity index (χ3n) is 2.37. The number of hydrogen-bond acceptors (Lipinski definition) is 3. The summed E-state index contributed by atoms with van der Waals surface area (Å²) in [5.41, 5.74) is 0. The van der Waals surface area contributed by atoms with Crippen LogP contribution >= 0.6 is 0 Å². The van der Waals surface area contributed by atoms with Crippen LogP contribution < -0.4 is 5.32 Å². The van der Waals surface area contributed by atoms with Gasteiger partial charge in [0.1, 0.15) is 6.61 Å². The molecule has 0 aliphatic carbocycles. The predicted molar refractivity (Wildman–Crippen MR) is 53.0 cm³/mol. The zero-order chi connectivity index (χ0) is 10.2. The molecule has 1 fully saturated rings. The van der Waals surface area contributed by atoms with Crippen LogP contribution in [-0.4, -0.2) is 38.9 Å². The minimum Gasteiger partial charge on any atom is -0.381 e. The zero-order valence-corrected chi connectivity index (χ0v) is 8.75. The molecule has 0 bridgehead atoms. The second-order valence-corrected chi connectivity index (χ2v) is 3.50. The van der Waals surface area contributed by atoms with Crippen molar-refractivity contribution in [2.45, 2.75) is 19.8 Å². The minimum absolute atomic E-state index is 0.0154.